The summed E-state index contributed by atoms with van der Waals surface area (Å²) in [5.74, 6) is 0.898. The smallest absolute Gasteiger partial charge is 0.279 e. The van der Waals surface area contributed by atoms with Crippen LogP contribution in [0.2, 0.25) is 0 Å². The molecule has 2 aromatic rings. The molecule has 2 N–H and O–H groups in total. The first-order chi connectivity index (χ1) is 11.8. The highest BCUT2D eigenvalue weighted by molar-refractivity contribution is 5.93. The third kappa shape index (κ3) is 5.07. The highest BCUT2D eigenvalue weighted by Gasteiger charge is 2.15. The zero-order chi connectivity index (χ0) is 18.6. The number of nitrogens with one attached hydrogen (secondary N) is 2. The Bertz CT molecular complexity index is 745. The van der Waals surface area contributed by atoms with Crippen molar-refractivity contribution in [2.45, 2.75) is 34.2 Å². The molecule has 0 fully saturated rings. The van der Waals surface area contributed by atoms with Crippen LogP contribution in [0.5, 0.6) is 5.75 Å². The monoisotopic (exact) mass is 341 g/mol. The van der Waals surface area contributed by atoms with Crippen LogP contribution in [0.4, 0.5) is 5.69 Å². The molecular weight excluding hydrogens is 312 g/mol. The molecule has 0 radical (unpaired) electrons. The predicted octanol–water partition coefficient (Wildman–Crippen LogP) is 2.58. The minimum atomic E-state index is 0.0270. The van der Waals surface area contributed by atoms with Gasteiger partial charge in [0.2, 0.25) is 0 Å². The maximum Gasteiger partial charge on any atom is 0.279 e. The van der Waals surface area contributed by atoms with Crippen molar-refractivity contribution in [1.82, 2.24) is 0 Å². The van der Waals surface area contributed by atoms with Gasteiger partial charge in [0.1, 0.15) is 12.3 Å². The normalized spacial score (nSPS) is 11.9. The van der Waals surface area contributed by atoms with Gasteiger partial charge >= 0.3 is 0 Å². The highest BCUT2D eigenvalue weighted by Crippen LogP contribution is 2.21. The number of carbonyl (C=O) groups is 1. The quantitative estimate of drug-likeness (QED) is 0.848. The second kappa shape index (κ2) is 8.17. The minimum absolute atomic E-state index is 0.0270. The van der Waals surface area contributed by atoms with Crippen molar-refractivity contribution in [2.24, 2.45) is 0 Å². The number of aryl methyl sites for hydroxylation is 4. The van der Waals surface area contributed by atoms with Crippen molar-refractivity contribution in [3.63, 3.8) is 0 Å². The van der Waals surface area contributed by atoms with Crippen LogP contribution in [0.1, 0.15) is 27.8 Å². The van der Waals surface area contributed by atoms with E-state index in [0.717, 1.165) is 39.6 Å². The predicted molar refractivity (Wildman–Crippen MR) is 102 cm³/mol. The molecule has 0 aromatic heterocycles. The number of ether oxygens (including phenoxy) is 1. The lowest BCUT2D eigenvalue weighted by Gasteiger charge is -2.17. The van der Waals surface area contributed by atoms with Gasteiger partial charge in [-0.1, -0.05) is 29.3 Å². The van der Waals surface area contributed by atoms with Crippen LogP contribution in [0.25, 0.3) is 0 Å². The summed E-state index contributed by atoms with van der Waals surface area (Å²) in [6, 6.07) is 10.3. The van der Waals surface area contributed by atoms with Crippen LogP contribution in [0, 0.1) is 27.7 Å². The Hall–Kier alpha value is -2.33. The van der Waals surface area contributed by atoms with Gasteiger partial charge in [-0.15, -0.1) is 0 Å². The fraction of sp³-hybridized carbons (Fsp3) is 0.381. The van der Waals surface area contributed by atoms with Gasteiger partial charge in [-0.05, 0) is 51.0 Å². The number of hydrogen-bond donors (Lipinski definition) is 2. The Morgan fingerprint density at radius 3 is 2.28 bits per heavy atom. The molecule has 0 aliphatic rings. The van der Waals surface area contributed by atoms with E-state index in [-0.39, 0.29) is 5.91 Å². The number of likely N-dealkylation sites (N-methyl/N-ethyl adjacent to an activating group) is 1. The molecule has 4 nitrogen and oxygen atoms in total. The maximum atomic E-state index is 12.5. The number of quaternary nitrogens is 1. The van der Waals surface area contributed by atoms with Crippen molar-refractivity contribution in [2.75, 3.05) is 26.0 Å². The lowest BCUT2D eigenvalue weighted by molar-refractivity contribution is -0.885. The van der Waals surface area contributed by atoms with Gasteiger partial charge in [-0.3, -0.25) is 4.79 Å². The van der Waals surface area contributed by atoms with E-state index >= 15 is 0 Å². The molecule has 1 amide bonds. The zero-order valence-corrected chi connectivity index (χ0v) is 16.1. The van der Waals surface area contributed by atoms with Crippen LogP contribution < -0.4 is 15.0 Å². The van der Waals surface area contributed by atoms with E-state index in [1.165, 1.54) is 11.1 Å². The standard InChI is InChI=1S/C21H28N2O2/c1-14-7-8-19(25-6)18(11-14)12-23(5)13-20(24)22-21-16(3)9-15(2)10-17(21)4/h7-11H,12-13H2,1-6H3,(H,22,24)/p+1. The van der Waals surface area contributed by atoms with Crippen molar-refractivity contribution < 1.29 is 14.4 Å². The molecule has 0 saturated heterocycles. The fourth-order valence-electron chi connectivity index (χ4n) is 3.27. The number of hydrogen-bond acceptors (Lipinski definition) is 2. The van der Waals surface area contributed by atoms with E-state index in [2.05, 4.69) is 37.4 Å². The Labute approximate surface area is 150 Å². The van der Waals surface area contributed by atoms with E-state index in [4.69, 9.17) is 4.74 Å². The molecule has 25 heavy (non-hydrogen) atoms. The first-order valence-electron chi connectivity index (χ1n) is 8.62. The van der Waals surface area contributed by atoms with Crippen LogP contribution in [0.15, 0.2) is 30.3 Å². The minimum Gasteiger partial charge on any atom is -0.496 e. The van der Waals surface area contributed by atoms with Crippen molar-refractivity contribution >= 4 is 11.6 Å². The van der Waals surface area contributed by atoms with Crippen LogP contribution in [-0.4, -0.2) is 26.6 Å². The van der Waals surface area contributed by atoms with Crippen molar-refractivity contribution in [1.29, 1.82) is 0 Å². The number of methoxy groups -OCH3 is 1. The third-order valence-electron chi connectivity index (χ3n) is 4.33. The van der Waals surface area contributed by atoms with E-state index in [1.807, 2.05) is 33.0 Å². The lowest BCUT2D eigenvalue weighted by Crippen LogP contribution is -3.08. The molecule has 134 valence electrons. The third-order valence-corrected chi connectivity index (χ3v) is 4.33. The first-order valence-corrected chi connectivity index (χ1v) is 8.62. The number of anilines is 1. The van der Waals surface area contributed by atoms with Crippen molar-refractivity contribution in [3.8, 4) is 5.75 Å². The van der Waals surface area contributed by atoms with Gasteiger partial charge in [-0.2, -0.15) is 0 Å². The van der Waals surface area contributed by atoms with E-state index < -0.39 is 0 Å². The van der Waals surface area contributed by atoms with Crippen molar-refractivity contribution in [3.05, 3.63) is 58.1 Å². The maximum absolute atomic E-state index is 12.5. The summed E-state index contributed by atoms with van der Waals surface area (Å²) in [6.45, 7) is 9.34. The largest absolute Gasteiger partial charge is 0.496 e. The molecular formula is C21H29N2O2+. The topological polar surface area (TPSA) is 42.8 Å². The van der Waals surface area contributed by atoms with Crippen LogP contribution in [-0.2, 0) is 11.3 Å². The molecule has 0 saturated carbocycles. The summed E-state index contributed by atoms with van der Waals surface area (Å²) < 4.78 is 5.43. The zero-order valence-electron chi connectivity index (χ0n) is 16.1. The van der Waals surface area contributed by atoms with E-state index in [9.17, 15) is 4.79 Å². The fourth-order valence-corrected chi connectivity index (χ4v) is 3.27. The summed E-state index contributed by atoms with van der Waals surface area (Å²) >= 11 is 0. The molecule has 0 heterocycles. The number of rotatable bonds is 6. The van der Waals surface area contributed by atoms with Gasteiger partial charge in [-0.25, -0.2) is 0 Å². The lowest BCUT2D eigenvalue weighted by atomic mass is 10.1. The second-order valence-corrected chi connectivity index (χ2v) is 6.95. The van der Waals surface area contributed by atoms with E-state index in [1.54, 1.807) is 7.11 Å². The Kier molecular flexibility index (Phi) is 6.21. The molecule has 2 rings (SSSR count). The van der Waals surface area contributed by atoms with Gasteiger partial charge in [0.05, 0.1) is 14.2 Å². The highest BCUT2D eigenvalue weighted by atomic mass is 16.5. The summed E-state index contributed by atoms with van der Waals surface area (Å²) in [5, 5.41) is 3.07. The second-order valence-electron chi connectivity index (χ2n) is 6.95. The average molecular weight is 341 g/mol. The Morgan fingerprint density at radius 2 is 1.68 bits per heavy atom. The molecule has 1 unspecified atom stereocenters. The van der Waals surface area contributed by atoms with Gasteiger partial charge in [0, 0.05) is 11.3 Å². The number of carbonyl (C=O) groups excluding carboxylic acids is 1. The SMILES string of the molecule is COc1ccc(C)cc1C[NH+](C)CC(=O)Nc1c(C)cc(C)cc1C. The average Bonchev–Trinajstić information content (AvgIpc) is 2.51. The summed E-state index contributed by atoms with van der Waals surface area (Å²) in [4.78, 5) is 13.6. The Morgan fingerprint density at radius 1 is 1.04 bits per heavy atom. The number of amides is 1. The molecule has 0 aliphatic heterocycles. The summed E-state index contributed by atoms with van der Waals surface area (Å²) in [5.41, 5.74) is 6.65. The molecule has 1 atom stereocenters. The molecule has 0 bridgehead atoms. The van der Waals surface area contributed by atoms with Crippen LogP contribution >= 0.6 is 0 Å². The summed E-state index contributed by atoms with van der Waals surface area (Å²) in [6.07, 6.45) is 0. The molecule has 4 heteroatoms. The number of benzene rings is 2. The van der Waals surface area contributed by atoms with E-state index in [0.29, 0.717) is 6.54 Å². The summed E-state index contributed by atoms with van der Waals surface area (Å²) in [7, 11) is 3.70. The Balaban J connectivity index is 2.03. The van der Waals surface area contributed by atoms with Gasteiger partial charge in [0.25, 0.3) is 5.91 Å². The first kappa shape index (κ1) is 19.0. The molecule has 0 spiro atoms. The van der Waals surface area contributed by atoms with Gasteiger partial charge < -0.3 is 15.0 Å². The van der Waals surface area contributed by atoms with Crippen LogP contribution in [0.3, 0.4) is 0 Å². The molecule has 0 aliphatic carbocycles. The molecule has 2 aromatic carbocycles. The van der Waals surface area contributed by atoms with Gasteiger partial charge in [0.15, 0.2) is 6.54 Å².